The number of halogens is 3. The lowest BCUT2D eigenvalue weighted by molar-refractivity contribution is -0.286. The molecule has 0 aliphatic carbocycles. The van der Waals surface area contributed by atoms with Gasteiger partial charge in [0.25, 0.3) is 0 Å². The molecule has 1 aliphatic heterocycles. The fourth-order valence-corrected chi connectivity index (χ4v) is 6.56. The number of aromatic nitrogens is 3. The number of nitrogens with zero attached hydrogens (tertiary/aromatic N) is 3. The van der Waals surface area contributed by atoms with Crippen LogP contribution in [-0.2, 0) is 29.9 Å². The molecule has 0 spiro atoms. The molecule has 5 aromatic rings. The van der Waals surface area contributed by atoms with E-state index >= 15 is 4.39 Å². The van der Waals surface area contributed by atoms with Crippen molar-refractivity contribution in [3.8, 4) is 56.5 Å². The van der Waals surface area contributed by atoms with Crippen LogP contribution in [0, 0.1) is 12.7 Å². The first-order valence-corrected chi connectivity index (χ1v) is 16.2. The van der Waals surface area contributed by atoms with Crippen molar-refractivity contribution in [1.82, 2.24) is 14.8 Å². The average molecular weight is 670 g/mol. The molecule has 3 heterocycles. The number of hydrogen-bond donors (Lipinski definition) is 2. The van der Waals surface area contributed by atoms with Gasteiger partial charge in [0.2, 0.25) is 0 Å². The molecule has 6 rings (SSSR count). The van der Waals surface area contributed by atoms with Gasteiger partial charge in [0.05, 0.1) is 28.5 Å². The Balaban J connectivity index is 1.58. The molecule has 47 heavy (non-hydrogen) atoms. The zero-order chi connectivity index (χ0) is 34.1. The lowest BCUT2D eigenvalue weighted by Crippen LogP contribution is -2.25. The molecule has 0 saturated heterocycles. The Morgan fingerprint density at radius 3 is 2.34 bits per heavy atom. The van der Waals surface area contributed by atoms with Crippen molar-refractivity contribution in [1.29, 1.82) is 0 Å². The minimum Gasteiger partial charge on any atom is -0.440 e. The summed E-state index contributed by atoms with van der Waals surface area (Å²) in [4.78, 5) is 4.19. The van der Waals surface area contributed by atoms with Gasteiger partial charge in [-0.1, -0.05) is 12.1 Å². The van der Waals surface area contributed by atoms with E-state index in [0.717, 1.165) is 12.3 Å². The second-order valence-corrected chi connectivity index (χ2v) is 14.0. The quantitative estimate of drug-likeness (QED) is 0.202. The zero-order valence-corrected chi connectivity index (χ0v) is 26.7. The molecule has 0 radical (unpaired) electrons. The fraction of sp³-hybridized carbons (Fsp3) is 0.273. The second-order valence-electron chi connectivity index (χ2n) is 12.0. The number of sulfone groups is 1. The van der Waals surface area contributed by atoms with Gasteiger partial charge in [-0.2, -0.15) is 5.10 Å². The Labute approximate surface area is 267 Å². The van der Waals surface area contributed by atoms with Crippen LogP contribution in [0.1, 0.15) is 31.0 Å². The van der Waals surface area contributed by atoms with E-state index in [1.165, 1.54) is 24.3 Å². The standard InChI is InChI=1S/C33H30F3N3O7S/c1-17-37-30(19-7-9-27-28(12-19)46-33(35,36)45-27)31(44-17)23-10-18(20-11-25(34)24(16-40)29(13-20)47(5,42)43)6-8-22(23)26-14-21(38-39(26)4)15-32(2,3)41/h6-14,40-41H,15-16H2,1-5H3. The van der Waals surface area contributed by atoms with Crippen LogP contribution in [0.15, 0.2) is 63.9 Å². The van der Waals surface area contributed by atoms with Crippen molar-refractivity contribution in [2.24, 2.45) is 7.05 Å². The van der Waals surface area contributed by atoms with Crippen molar-refractivity contribution in [2.75, 3.05) is 6.26 Å². The average Bonchev–Trinajstić information content (AvgIpc) is 3.62. The maximum absolute atomic E-state index is 15.2. The molecule has 0 unspecified atom stereocenters. The molecule has 0 fully saturated rings. The highest BCUT2D eigenvalue weighted by atomic mass is 32.2. The van der Waals surface area contributed by atoms with Gasteiger partial charge in [-0.15, -0.1) is 8.78 Å². The molecule has 0 saturated carbocycles. The van der Waals surface area contributed by atoms with Crippen LogP contribution in [0.4, 0.5) is 13.2 Å². The number of ether oxygens (including phenoxy) is 2. The monoisotopic (exact) mass is 669 g/mol. The molecule has 0 atom stereocenters. The van der Waals surface area contributed by atoms with Gasteiger partial charge >= 0.3 is 6.29 Å². The van der Waals surface area contributed by atoms with Crippen molar-refractivity contribution < 1.29 is 45.7 Å². The van der Waals surface area contributed by atoms with Gasteiger partial charge in [0.15, 0.2) is 33.0 Å². The van der Waals surface area contributed by atoms with Gasteiger partial charge in [-0.25, -0.2) is 17.8 Å². The predicted molar refractivity (Wildman–Crippen MR) is 165 cm³/mol. The highest BCUT2D eigenvalue weighted by molar-refractivity contribution is 7.90. The van der Waals surface area contributed by atoms with Crippen LogP contribution in [0.5, 0.6) is 11.5 Å². The summed E-state index contributed by atoms with van der Waals surface area (Å²) in [6.07, 6.45) is -2.64. The summed E-state index contributed by atoms with van der Waals surface area (Å²) in [5.74, 6) is -0.755. The molecular formula is C33H30F3N3O7S. The zero-order valence-electron chi connectivity index (χ0n) is 25.9. The first-order chi connectivity index (χ1) is 21.9. The topological polar surface area (TPSA) is 137 Å². The van der Waals surface area contributed by atoms with Crippen LogP contribution >= 0.6 is 0 Å². The smallest absolute Gasteiger partial charge is 0.440 e. The largest absolute Gasteiger partial charge is 0.586 e. The van der Waals surface area contributed by atoms with E-state index in [4.69, 9.17) is 4.42 Å². The molecule has 3 aromatic carbocycles. The third-order valence-electron chi connectivity index (χ3n) is 7.54. The van der Waals surface area contributed by atoms with E-state index in [-0.39, 0.29) is 51.3 Å². The van der Waals surface area contributed by atoms with Crippen LogP contribution in [-0.4, -0.2) is 51.5 Å². The summed E-state index contributed by atoms with van der Waals surface area (Å²) in [7, 11) is -2.19. The van der Waals surface area contributed by atoms with E-state index in [1.807, 2.05) is 0 Å². The van der Waals surface area contributed by atoms with Gasteiger partial charge in [0, 0.05) is 48.9 Å². The van der Waals surface area contributed by atoms with E-state index in [2.05, 4.69) is 19.6 Å². The minimum atomic E-state index is -3.92. The number of rotatable bonds is 8. The maximum Gasteiger partial charge on any atom is 0.586 e. The first kappa shape index (κ1) is 32.3. The third kappa shape index (κ3) is 6.35. The van der Waals surface area contributed by atoms with Crippen molar-refractivity contribution in [3.05, 3.63) is 77.6 Å². The van der Waals surface area contributed by atoms with Crippen LogP contribution in [0.25, 0.3) is 45.0 Å². The van der Waals surface area contributed by atoms with E-state index in [1.54, 1.807) is 56.8 Å². The maximum atomic E-state index is 15.2. The SMILES string of the molecule is Cc1nc(-c2ccc3c(c2)OC(F)(F)O3)c(-c2cc(-c3cc(F)c(CO)c(S(C)(=O)=O)c3)ccc2-c2cc(CC(C)(C)O)nn2C)o1. The van der Waals surface area contributed by atoms with Gasteiger partial charge in [-0.05, 0) is 67.4 Å². The fourth-order valence-electron chi connectivity index (χ4n) is 5.61. The van der Waals surface area contributed by atoms with E-state index in [9.17, 15) is 27.4 Å². The number of aliphatic hydroxyl groups is 2. The lowest BCUT2D eigenvalue weighted by atomic mass is 9.93. The molecule has 0 amide bonds. The predicted octanol–water partition coefficient (Wildman–Crippen LogP) is 6.05. The molecule has 0 bridgehead atoms. The molecule has 2 N–H and O–H groups in total. The lowest BCUT2D eigenvalue weighted by Gasteiger charge is -2.14. The van der Waals surface area contributed by atoms with E-state index < -0.39 is 34.2 Å². The third-order valence-corrected chi connectivity index (χ3v) is 8.70. The normalized spacial score (nSPS) is 14.2. The molecule has 14 heteroatoms. The number of fused-ring (bicyclic) bond motifs is 1. The first-order valence-electron chi connectivity index (χ1n) is 14.3. The summed E-state index contributed by atoms with van der Waals surface area (Å²) in [5.41, 5.74) is 2.14. The summed E-state index contributed by atoms with van der Waals surface area (Å²) < 4.78 is 84.8. The van der Waals surface area contributed by atoms with Gasteiger partial charge in [-0.3, -0.25) is 4.68 Å². The van der Waals surface area contributed by atoms with Gasteiger partial charge < -0.3 is 24.1 Å². The van der Waals surface area contributed by atoms with Crippen molar-refractivity contribution in [3.63, 3.8) is 0 Å². The number of hydrogen-bond acceptors (Lipinski definition) is 9. The summed E-state index contributed by atoms with van der Waals surface area (Å²) in [6.45, 7) is 4.13. The minimum absolute atomic E-state index is 0.146. The second kappa shape index (κ2) is 11.2. The van der Waals surface area contributed by atoms with Crippen molar-refractivity contribution in [2.45, 2.75) is 50.6 Å². The number of oxazole rings is 1. The summed E-state index contributed by atoms with van der Waals surface area (Å²) >= 11 is 0. The molecule has 10 nitrogen and oxygen atoms in total. The van der Waals surface area contributed by atoms with Crippen LogP contribution in [0.3, 0.4) is 0 Å². The van der Waals surface area contributed by atoms with Crippen LogP contribution < -0.4 is 9.47 Å². The molecule has 1 aliphatic rings. The Morgan fingerprint density at radius 1 is 0.957 bits per heavy atom. The highest BCUT2D eigenvalue weighted by Crippen LogP contribution is 2.46. The number of benzene rings is 3. The summed E-state index contributed by atoms with van der Waals surface area (Å²) in [5, 5.41) is 24.7. The number of aryl methyl sites for hydroxylation is 2. The molecular weight excluding hydrogens is 639 g/mol. The molecule has 246 valence electrons. The van der Waals surface area contributed by atoms with Crippen molar-refractivity contribution >= 4 is 9.84 Å². The van der Waals surface area contributed by atoms with E-state index in [0.29, 0.717) is 33.6 Å². The molecule has 2 aromatic heterocycles. The Kier molecular flexibility index (Phi) is 7.73. The summed E-state index contributed by atoms with van der Waals surface area (Å²) in [6, 6.07) is 13.5. The number of aliphatic hydroxyl groups excluding tert-OH is 1. The Hall–Kier alpha value is -4.66. The Bertz CT molecular complexity index is 2150. The Morgan fingerprint density at radius 2 is 1.66 bits per heavy atom. The number of alkyl halides is 2. The van der Waals surface area contributed by atoms with Gasteiger partial charge in [0.1, 0.15) is 11.5 Å². The van der Waals surface area contributed by atoms with Crippen LogP contribution in [0.2, 0.25) is 0 Å². The highest BCUT2D eigenvalue weighted by Gasteiger charge is 2.43.